The third-order valence-corrected chi connectivity index (χ3v) is 5.23. The van der Waals surface area contributed by atoms with Gasteiger partial charge in [-0.15, -0.1) is 0 Å². The topological polar surface area (TPSA) is 63.7 Å². The van der Waals surface area contributed by atoms with Crippen molar-refractivity contribution in [2.45, 2.75) is 18.9 Å². The SMILES string of the molecule is O=C(Nc1ccc2nc(N3CCOCC3)sc2c1)C1CCCO1. The average molecular weight is 333 g/mol. The van der Waals surface area contributed by atoms with Crippen LogP contribution in [0.4, 0.5) is 10.8 Å². The summed E-state index contributed by atoms with van der Waals surface area (Å²) in [6, 6.07) is 5.85. The maximum atomic E-state index is 12.1. The average Bonchev–Trinajstić information content (AvgIpc) is 3.25. The number of ether oxygens (including phenoxy) is 2. The lowest BCUT2D eigenvalue weighted by molar-refractivity contribution is -0.124. The van der Waals surface area contributed by atoms with Gasteiger partial charge in [0.2, 0.25) is 0 Å². The molecular formula is C16H19N3O3S. The number of benzene rings is 1. The smallest absolute Gasteiger partial charge is 0.253 e. The van der Waals surface area contributed by atoms with Crippen molar-refractivity contribution in [1.29, 1.82) is 0 Å². The summed E-state index contributed by atoms with van der Waals surface area (Å²) in [4.78, 5) is 19.1. The lowest BCUT2D eigenvalue weighted by Crippen LogP contribution is -2.36. The van der Waals surface area contributed by atoms with Crippen molar-refractivity contribution in [3.05, 3.63) is 18.2 Å². The standard InChI is InChI=1S/C16H19N3O3S/c20-15(13-2-1-7-22-13)17-11-3-4-12-14(10-11)23-16(18-12)19-5-8-21-9-6-19/h3-4,10,13H,1-2,5-9H2,(H,17,20). The zero-order valence-electron chi connectivity index (χ0n) is 12.8. The van der Waals surface area contributed by atoms with Crippen molar-refractivity contribution in [3.8, 4) is 0 Å². The number of anilines is 2. The second-order valence-corrected chi connectivity index (χ2v) is 6.78. The number of rotatable bonds is 3. The van der Waals surface area contributed by atoms with Crippen molar-refractivity contribution in [2.24, 2.45) is 0 Å². The molecule has 1 unspecified atom stereocenters. The monoisotopic (exact) mass is 333 g/mol. The van der Waals surface area contributed by atoms with Crippen molar-refractivity contribution in [2.75, 3.05) is 43.1 Å². The van der Waals surface area contributed by atoms with E-state index in [1.165, 1.54) is 0 Å². The summed E-state index contributed by atoms with van der Waals surface area (Å²) in [6.45, 7) is 3.93. The first-order valence-corrected chi connectivity index (χ1v) is 8.77. The molecule has 2 saturated heterocycles. The molecule has 1 atom stereocenters. The van der Waals surface area contributed by atoms with Crippen LogP contribution in [-0.4, -0.2) is 49.9 Å². The van der Waals surface area contributed by atoms with Crippen LogP contribution in [-0.2, 0) is 14.3 Å². The number of aromatic nitrogens is 1. The Hall–Kier alpha value is -1.70. The second-order valence-electron chi connectivity index (χ2n) is 5.77. The highest BCUT2D eigenvalue weighted by atomic mass is 32.1. The molecule has 2 aliphatic rings. The first kappa shape index (κ1) is 14.9. The molecule has 23 heavy (non-hydrogen) atoms. The second kappa shape index (κ2) is 6.43. The minimum Gasteiger partial charge on any atom is -0.378 e. The van der Waals surface area contributed by atoms with Gasteiger partial charge in [0.05, 0.1) is 23.4 Å². The summed E-state index contributed by atoms with van der Waals surface area (Å²) < 4.78 is 11.9. The first-order valence-electron chi connectivity index (χ1n) is 7.95. The van der Waals surface area contributed by atoms with Gasteiger partial charge in [0, 0.05) is 25.4 Å². The number of amides is 1. The predicted molar refractivity (Wildman–Crippen MR) is 90.3 cm³/mol. The molecule has 0 radical (unpaired) electrons. The Morgan fingerprint density at radius 2 is 2.17 bits per heavy atom. The van der Waals surface area contributed by atoms with Crippen LogP contribution in [0, 0.1) is 0 Å². The van der Waals surface area contributed by atoms with Crippen LogP contribution in [0.3, 0.4) is 0 Å². The van der Waals surface area contributed by atoms with E-state index in [1.807, 2.05) is 18.2 Å². The molecule has 0 saturated carbocycles. The van der Waals surface area contributed by atoms with Gasteiger partial charge in [0.15, 0.2) is 5.13 Å². The molecule has 6 nitrogen and oxygen atoms in total. The van der Waals surface area contributed by atoms with Gasteiger partial charge in [0.1, 0.15) is 6.10 Å². The van der Waals surface area contributed by atoms with Crippen LogP contribution >= 0.6 is 11.3 Å². The summed E-state index contributed by atoms with van der Waals surface area (Å²) in [7, 11) is 0. The van der Waals surface area contributed by atoms with E-state index in [2.05, 4.69) is 15.2 Å². The van der Waals surface area contributed by atoms with Gasteiger partial charge < -0.3 is 19.7 Å². The lowest BCUT2D eigenvalue weighted by atomic mass is 10.2. The number of fused-ring (bicyclic) bond motifs is 1. The summed E-state index contributed by atoms with van der Waals surface area (Å²) in [5.74, 6) is -0.0558. The van der Waals surface area contributed by atoms with E-state index in [0.29, 0.717) is 6.61 Å². The molecule has 1 N–H and O–H groups in total. The van der Waals surface area contributed by atoms with Gasteiger partial charge in [-0.1, -0.05) is 11.3 Å². The van der Waals surface area contributed by atoms with Gasteiger partial charge >= 0.3 is 0 Å². The van der Waals surface area contributed by atoms with Gasteiger partial charge in [-0.2, -0.15) is 0 Å². The van der Waals surface area contributed by atoms with Crippen LogP contribution in [0.25, 0.3) is 10.2 Å². The molecule has 1 amide bonds. The van der Waals surface area contributed by atoms with Gasteiger partial charge in [-0.25, -0.2) is 4.98 Å². The number of hydrogen-bond donors (Lipinski definition) is 1. The van der Waals surface area contributed by atoms with Crippen LogP contribution in [0.15, 0.2) is 18.2 Å². The fraction of sp³-hybridized carbons (Fsp3) is 0.500. The van der Waals surface area contributed by atoms with E-state index in [4.69, 9.17) is 9.47 Å². The Bertz CT molecular complexity index is 706. The third kappa shape index (κ3) is 3.17. The Morgan fingerprint density at radius 3 is 2.96 bits per heavy atom. The number of carbonyl (C=O) groups is 1. The number of nitrogens with zero attached hydrogens (tertiary/aromatic N) is 2. The van der Waals surface area contributed by atoms with Crippen LogP contribution in [0.1, 0.15) is 12.8 Å². The van der Waals surface area contributed by atoms with E-state index in [9.17, 15) is 4.79 Å². The molecule has 0 aliphatic carbocycles. The maximum Gasteiger partial charge on any atom is 0.253 e. The van der Waals surface area contributed by atoms with E-state index in [0.717, 1.165) is 60.2 Å². The Labute approximate surface area is 138 Å². The van der Waals surface area contributed by atoms with Gasteiger partial charge in [-0.3, -0.25) is 4.79 Å². The number of morpholine rings is 1. The fourth-order valence-electron chi connectivity index (χ4n) is 2.89. The maximum absolute atomic E-state index is 12.1. The van der Waals surface area contributed by atoms with Crippen LogP contribution in [0.5, 0.6) is 0 Å². The normalized spacial score (nSPS) is 21.7. The highest BCUT2D eigenvalue weighted by molar-refractivity contribution is 7.22. The summed E-state index contributed by atoms with van der Waals surface area (Å²) in [6.07, 6.45) is 1.45. The number of hydrogen-bond acceptors (Lipinski definition) is 6. The fourth-order valence-corrected chi connectivity index (χ4v) is 3.94. The first-order chi connectivity index (χ1) is 11.3. The molecule has 2 aliphatic heterocycles. The number of nitrogens with one attached hydrogen (secondary N) is 1. The third-order valence-electron chi connectivity index (χ3n) is 4.15. The van der Waals surface area contributed by atoms with E-state index in [-0.39, 0.29) is 12.0 Å². The summed E-state index contributed by atoms with van der Waals surface area (Å²) in [5.41, 5.74) is 1.77. The minimum absolute atomic E-state index is 0.0558. The van der Waals surface area contributed by atoms with Crippen molar-refractivity contribution in [1.82, 2.24) is 4.98 Å². The summed E-state index contributed by atoms with van der Waals surface area (Å²) >= 11 is 1.65. The van der Waals surface area contributed by atoms with Crippen molar-refractivity contribution >= 4 is 38.3 Å². The molecule has 0 spiro atoms. The minimum atomic E-state index is -0.309. The van der Waals surface area contributed by atoms with Gasteiger partial charge in [-0.05, 0) is 31.0 Å². The molecule has 2 aromatic rings. The van der Waals surface area contributed by atoms with E-state index < -0.39 is 0 Å². The molecule has 1 aromatic carbocycles. The lowest BCUT2D eigenvalue weighted by Gasteiger charge is -2.25. The predicted octanol–water partition coefficient (Wildman–Crippen LogP) is 2.25. The van der Waals surface area contributed by atoms with Crippen molar-refractivity contribution < 1.29 is 14.3 Å². The molecule has 3 heterocycles. The number of carbonyl (C=O) groups excluding carboxylic acids is 1. The largest absolute Gasteiger partial charge is 0.378 e. The molecule has 2 fully saturated rings. The highest BCUT2D eigenvalue weighted by Gasteiger charge is 2.23. The molecule has 7 heteroatoms. The van der Waals surface area contributed by atoms with Crippen molar-refractivity contribution in [3.63, 3.8) is 0 Å². The quantitative estimate of drug-likeness (QED) is 0.933. The zero-order valence-corrected chi connectivity index (χ0v) is 13.6. The highest BCUT2D eigenvalue weighted by Crippen LogP contribution is 2.31. The zero-order chi connectivity index (χ0) is 15.6. The van der Waals surface area contributed by atoms with Crippen LogP contribution < -0.4 is 10.2 Å². The van der Waals surface area contributed by atoms with E-state index in [1.54, 1.807) is 11.3 Å². The molecule has 1 aromatic heterocycles. The Balaban J connectivity index is 1.51. The Kier molecular flexibility index (Phi) is 4.15. The molecular weight excluding hydrogens is 314 g/mol. The van der Waals surface area contributed by atoms with E-state index >= 15 is 0 Å². The summed E-state index contributed by atoms with van der Waals surface area (Å²) in [5, 5.41) is 3.97. The Morgan fingerprint density at radius 1 is 1.30 bits per heavy atom. The molecule has 4 rings (SSSR count). The molecule has 122 valence electrons. The van der Waals surface area contributed by atoms with Gasteiger partial charge in [0.25, 0.3) is 5.91 Å². The molecule has 0 bridgehead atoms. The number of thiazole rings is 1. The van der Waals surface area contributed by atoms with Crippen LogP contribution in [0.2, 0.25) is 0 Å².